The van der Waals surface area contributed by atoms with E-state index in [2.05, 4.69) is 13.8 Å². The Morgan fingerprint density at radius 2 is 1.71 bits per heavy atom. The fraction of sp³-hybridized carbons (Fsp3) is 1.00. The van der Waals surface area contributed by atoms with Crippen LogP contribution in [0.15, 0.2) is 0 Å². The van der Waals surface area contributed by atoms with Crippen molar-refractivity contribution in [2.24, 2.45) is 11.8 Å². The van der Waals surface area contributed by atoms with Crippen molar-refractivity contribution in [1.29, 1.82) is 0 Å². The van der Waals surface area contributed by atoms with E-state index in [4.69, 9.17) is 0 Å². The van der Waals surface area contributed by atoms with Gasteiger partial charge in [0.15, 0.2) is 0 Å². The largest absolute Gasteiger partial charge is 0.0654 e. The van der Waals surface area contributed by atoms with E-state index < -0.39 is 0 Å². The molecule has 84 valence electrons. The topological polar surface area (TPSA) is 0 Å². The van der Waals surface area contributed by atoms with Crippen LogP contribution in [0.5, 0.6) is 0 Å². The van der Waals surface area contributed by atoms with Crippen LogP contribution < -0.4 is 0 Å². The molecule has 0 bridgehead atoms. The van der Waals surface area contributed by atoms with Crippen molar-refractivity contribution < 1.29 is 0 Å². The van der Waals surface area contributed by atoms with Gasteiger partial charge in [0.05, 0.1) is 0 Å². The fourth-order valence-corrected chi connectivity index (χ4v) is 3.04. The molecule has 1 aliphatic rings. The lowest BCUT2D eigenvalue weighted by Gasteiger charge is -2.21. The van der Waals surface area contributed by atoms with Crippen molar-refractivity contribution in [3.05, 3.63) is 0 Å². The molecule has 0 radical (unpaired) electrons. The van der Waals surface area contributed by atoms with Crippen molar-refractivity contribution in [2.45, 2.75) is 78.1 Å². The van der Waals surface area contributed by atoms with Crippen molar-refractivity contribution in [3.8, 4) is 0 Å². The summed E-state index contributed by atoms with van der Waals surface area (Å²) in [6.45, 7) is 4.69. The molecule has 0 saturated heterocycles. The first-order valence-electron chi connectivity index (χ1n) is 6.88. The maximum absolute atomic E-state index is 2.39. The first-order chi connectivity index (χ1) is 6.88. The Hall–Kier alpha value is 0. The Kier molecular flexibility index (Phi) is 6.31. The molecule has 0 spiro atoms. The van der Waals surface area contributed by atoms with E-state index in [-0.39, 0.29) is 0 Å². The van der Waals surface area contributed by atoms with Gasteiger partial charge in [0.25, 0.3) is 0 Å². The van der Waals surface area contributed by atoms with Gasteiger partial charge in [-0.3, -0.25) is 0 Å². The molecule has 1 saturated carbocycles. The van der Waals surface area contributed by atoms with Crippen LogP contribution in [0.4, 0.5) is 0 Å². The smallest absolute Gasteiger partial charge is 0.0386 e. The lowest BCUT2D eigenvalue weighted by Crippen LogP contribution is -2.10. The predicted molar refractivity (Wildman–Crippen MR) is 64.5 cm³/mol. The van der Waals surface area contributed by atoms with Crippen LogP contribution in [-0.4, -0.2) is 0 Å². The Bertz CT molecular complexity index is 122. The molecule has 0 nitrogen and oxygen atoms in total. The maximum atomic E-state index is 2.39. The molecule has 0 aliphatic heterocycles. The highest BCUT2D eigenvalue weighted by Crippen LogP contribution is 2.35. The van der Waals surface area contributed by atoms with Crippen LogP contribution in [0.2, 0.25) is 0 Å². The molecule has 0 aromatic rings. The monoisotopic (exact) mass is 196 g/mol. The average Bonchev–Trinajstić information content (AvgIpc) is 2.71. The second-order valence-corrected chi connectivity index (χ2v) is 5.06. The van der Waals surface area contributed by atoms with E-state index in [0.717, 1.165) is 11.8 Å². The number of unbranched alkanes of at least 4 members (excludes halogenated alkanes) is 3. The van der Waals surface area contributed by atoms with Gasteiger partial charge in [-0.05, 0) is 11.8 Å². The number of hydrogen-bond acceptors (Lipinski definition) is 0. The second kappa shape index (κ2) is 7.31. The zero-order valence-electron chi connectivity index (χ0n) is 10.2. The van der Waals surface area contributed by atoms with Gasteiger partial charge in [-0.15, -0.1) is 0 Å². The third-order valence-corrected chi connectivity index (χ3v) is 4.02. The first-order valence-corrected chi connectivity index (χ1v) is 6.88. The lowest BCUT2D eigenvalue weighted by molar-refractivity contribution is 0.299. The highest BCUT2D eigenvalue weighted by Gasteiger charge is 2.22. The van der Waals surface area contributed by atoms with E-state index >= 15 is 0 Å². The molecule has 0 heteroatoms. The highest BCUT2D eigenvalue weighted by molar-refractivity contribution is 4.74. The van der Waals surface area contributed by atoms with Gasteiger partial charge in [0, 0.05) is 0 Å². The summed E-state index contributed by atoms with van der Waals surface area (Å²) in [5, 5.41) is 0. The Labute approximate surface area is 90.5 Å². The maximum Gasteiger partial charge on any atom is -0.0386 e. The molecule has 1 aliphatic carbocycles. The van der Waals surface area contributed by atoms with E-state index in [1.807, 2.05) is 0 Å². The molecule has 1 rings (SSSR count). The minimum absolute atomic E-state index is 1.06. The highest BCUT2D eigenvalue weighted by atomic mass is 14.3. The standard InChI is InChI=1S/C14H28/c1-3-5-6-7-10-13(4-2)14-11-8-9-12-14/h13-14H,3-12H2,1-2H3. The van der Waals surface area contributed by atoms with E-state index in [1.165, 1.54) is 64.2 Å². The molecule has 0 aromatic carbocycles. The van der Waals surface area contributed by atoms with Crippen molar-refractivity contribution in [3.63, 3.8) is 0 Å². The summed E-state index contributed by atoms with van der Waals surface area (Å²) in [6.07, 6.45) is 14.8. The number of hydrogen-bond donors (Lipinski definition) is 0. The Morgan fingerprint density at radius 3 is 2.29 bits per heavy atom. The van der Waals surface area contributed by atoms with Gasteiger partial charge in [0.1, 0.15) is 0 Å². The van der Waals surface area contributed by atoms with Crippen molar-refractivity contribution in [1.82, 2.24) is 0 Å². The summed E-state index contributed by atoms with van der Waals surface area (Å²) in [5.74, 6) is 2.16. The molecule has 14 heavy (non-hydrogen) atoms. The van der Waals surface area contributed by atoms with Crippen LogP contribution in [0.3, 0.4) is 0 Å². The normalized spacial score (nSPS) is 20.1. The Balaban J connectivity index is 2.11. The summed E-state index contributed by atoms with van der Waals surface area (Å²) >= 11 is 0. The summed E-state index contributed by atoms with van der Waals surface area (Å²) < 4.78 is 0. The van der Waals surface area contributed by atoms with Crippen LogP contribution in [0, 0.1) is 11.8 Å². The van der Waals surface area contributed by atoms with Crippen molar-refractivity contribution >= 4 is 0 Å². The van der Waals surface area contributed by atoms with Gasteiger partial charge in [-0.1, -0.05) is 78.1 Å². The first kappa shape index (κ1) is 12.1. The van der Waals surface area contributed by atoms with Gasteiger partial charge < -0.3 is 0 Å². The number of rotatable bonds is 7. The lowest BCUT2D eigenvalue weighted by atomic mass is 9.84. The minimum Gasteiger partial charge on any atom is -0.0654 e. The second-order valence-electron chi connectivity index (χ2n) is 5.06. The molecule has 1 unspecified atom stereocenters. The zero-order chi connectivity index (χ0) is 10.2. The van der Waals surface area contributed by atoms with Crippen LogP contribution in [0.1, 0.15) is 78.1 Å². The zero-order valence-corrected chi connectivity index (χ0v) is 10.2. The minimum atomic E-state index is 1.06. The van der Waals surface area contributed by atoms with Crippen LogP contribution in [0.25, 0.3) is 0 Å². The quantitative estimate of drug-likeness (QED) is 0.493. The average molecular weight is 196 g/mol. The predicted octanol–water partition coefficient (Wildman–Crippen LogP) is 5.17. The summed E-state index contributed by atoms with van der Waals surface area (Å²) in [4.78, 5) is 0. The molecule has 1 atom stereocenters. The van der Waals surface area contributed by atoms with Gasteiger partial charge >= 0.3 is 0 Å². The van der Waals surface area contributed by atoms with Crippen LogP contribution in [-0.2, 0) is 0 Å². The fourth-order valence-electron chi connectivity index (χ4n) is 3.04. The molecular formula is C14H28. The SMILES string of the molecule is CCCCCCC(CC)C1CCCC1. The molecule has 0 amide bonds. The third-order valence-electron chi connectivity index (χ3n) is 4.02. The van der Waals surface area contributed by atoms with E-state index in [1.54, 1.807) is 0 Å². The third kappa shape index (κ3) is 4.02. The van der Waals surface area contributed by atoms with E-state index in [0.29, 0.717) is 0 Å². The molecule has 0 N–H and O–H groups in total. The van der Waals surface area contributed by atoms with Gasteiger partial charge in [0.2, 0.25) is 0 Å². The summed E-state index contributed by atoms with van der Waals surface area (Å²) in [6, 6.07) is 0. The van der Waals surface area contributed by atoms with Gasteiger partial charge in [-0.25, -0.2) is 0 Å². The Morgan fingerprint density at radius 1 is 1.00 bits per heavy atom. The van der Waals surface area contributed by atoms with Crippen molar-refractivity contribution in [2.75, 3.05) is 0 Å². The van der Waals surface area contributed by atoms with Gasteiger partial charge in [-0.2, -0.15) is 0 Å². The molecule has 1 fully saturated rings. The molecular weight excluding hydrogens is 168 g/mol. The molecule has 0 aromatic heterocycles. The summed E-state index contributed by atoms with van der Waals surface area (Å²) in [7, 11) is 0. The summed E-state index contributed by atoms with van der Waals surface area (Å²) in [5.41, 5.74) is 0. The van der Waals surface area contributed by atoms with Crippen LogP contribution >= 0.6 is 0 Å². The van der Waals surface area contributed by atoms with E-state index in [9.17, 15) is 0 Å². The molecule has 0 heterocycles.